The fraction of sp³-hybridized carbons (Fsp3) is 0.444. The van der Waals surface area contributed by atoms with Crippen molar-refractivity contribution in [3.8, 4) is 0 Å². The van der Waals surface area contributed by atoms with E-state index in [1.54, 1.807) is 11.8 Å². The maximum atomic E-state index is 8.58. The zero-order valence-corrected chi connectivity index (χ0v) is 8.47. The molecule has 4 heteroatoms. The highest BCUT2D eigenvalue weighted by Gasteiger charge is 1.94. The van der Waals surface area contributed by atoms with Crippen LogP contribution in [0.1, 0.15) is 5.56 Å². The number of hydrogen-bond acceptors (Lipinski definition) is 4. The van der Waals surface area contributed by atoms with Gasteiger partial charge in [-0.3, -0.25) is 0 Å². The number of hydrogen-bond donors (Lipinski definition) is 2. The zero-order chi connectivity index (χ0) is 9.52. The molecule has 0 aliphatic rings. The van der Waals surface area contributed by atoms with Gasteiger partial charge >= 0.3 is 0 Å². The minimum Gasteiger partial charge on any atom is -0.396 e. The van der Waals surface area contributed by atoms with Crippen LogP contribution in [0.4, 0.5) is 5.82 Å². The number of nitrogens with one attached hydrogen (secondary N) is 1. The molecule has 0 saturated carbocycles. The van der Waals surface area contributed by atoms with E-state index in [2.05, 4.69) is 10.3 Å². The van der Waals surface area contributed by atoms with Gasteiger partial charge in [0.05, 0.1) is 6.61 Å². The number of aromatic nitrogens is 1. The first-order valence-corrected chi connectivity index (χ1v) is 5.33. The Morgan fingerprint density at radius 1 is 1.54 bits per heavy atom. The molecule has 0 bridgehead atoms. The summed E-state index contributed by atoms with van der Waals surface area (Å²) in [4.78, 5) is 4.19. The van der Waals surface area contributed by atoms with Crippen LogP contribution < -0.4 is 5.32 Å². The lowest BCUT2D eigenvalue weighted by molar-refractivity contribution is 0.322. The Morgan fingerprint density at radius 2 is 2.38 bits per heavy atom. The minimum absolute atomic E-state index is 0.243. The van der Waals surface area contributed by atoms with Gasteiger partial charge in [0.1, 0.15) is 5.82 Å². The van der Waals surface area contributed by atoms with Gasteiger partial charge in [0, 0.05) is 24.8 Å². The molecule has 0 spiro atoms. The van der Waals surface area contributed by atoms with Crippen molar-refractivity contribution in [3.05, 3.63) is 23.9 Å². The molecule has 0 radical (unpaired) electrons. The van der Waals surface area contributed by atoms with Crippen LogP contribution in [0, 0.1) is 0 Å². The van der Waals surface area contributed by atoms with Crippen molar-refractivity contribution in [3.63, 3.8) is 0 Å². The number of nitrogens with zero attached hydrogens (tertiary/aromatic N) is 1. The third kappa shape index (κ3) is 3.65. The molecule has 0 aliphatic heterocycles. The Morgan fingerprint density at radius 3 is 2.92 bits per heavy atom. The fourth-order valence-electron chi connectivity index (χ4n) is 0.912. The second-order valence-electron chi connectivity index (χ2n) is 2.58. The molecule has 1 aromatic rings. The van der Waals surface area contributed by atoms with Gasteiger partial charge < -0.3 is 10.4 Å². The lowest BCUT2D eigenvalue weighted by Gasteiger charge is -2.01. The number of rotatable bonds is 5. The van der Waals surface area contributed by atoms with E-state index in [0.29, 0.717) is 0 Å². The first-order chi connectivity index (χ1) is 6.36. The monoisotopic (exact) mass is 198 g/mol. The van der Waals surface area contributed by atoms with Crippen molar-refractivity contribution in [2.45, 2.75) is 5.75 Å². The smallest absolute Gasteiger partial charge is 0.125 e. The van der Waals surface area contributed by atoms with E-state index in [0.717, 1.165) is 17.3 Å². The van der Waals surface area contributed by atoms with Gasteiger partial charge in [-0.1, -0.05) is 6.07 Å². The molecule has 1 aromatic heterocycles. The number of pyridine rings is 1. The summed E-state index contributed by atoms with van der Waals surface area (Å²) in [6, 6.07) is 4.00. The molecule has 0 aliphatic carbocycles. The molecule has 3 nitrogen and oxygen atoms in total. The summed E-state index contributed by atoms with van der Waals surface area (Å²) in [5.41, 5.74) is 1.19. The molecule has 0 fully saturated rings. The molecular formula is C9H14N2OS. The molecule has 1 rings (SSSR count). The van der Waals surface area contributed by atoms with Crippen LogP contribution in [-0.2, 0) is 5.75 Å². The second kappa shape index (κ2) is 5.83. The first-order valence-electron chi connectivity index (χ1n) is 4.18. The standard InChI is InChI=1S/C9H14N2OS/c1-10-9-3-2-8(6-11-9)7-13-5-4-12/h2-3,6,12H,4-5,7H2,1H3,(H,10,11). The molecule has 0 amide bonds. The summed E-state index contributed by atoms with van der Waals surface area (Å²) in [5.74, 6) is 2.58. The first kappa shape index (κ1) is 10.3. The Hall–Kier alpha value is -0.740. The average Bonchev–Trinajstić information content (AvgIpc) is 2.19. The molecular weight excluding hydrogens is 184 g/mol. The van der Waals surface area contributed by atoms with E-state index in [-0.39, 0.29) is 6.61 Å². The van der Waals surface area contributed by atoms with Crippen LogP contribution in [0.15, 0.2) is 18.3 Å². The van der Waals surface area contributed by atoms with Gasteiger partial charge in [0.25, 0.3) is 0 Å². The number of anilines is 1. The predicted octanol–water partition coefficient (Wildman–Crippen LogP) is 1.35. The largest absolute Gasteiger partial charge is 0.396 e. The number of thioether (sulfide) groups is 1. The highest BCUT2D eigenvalue weighted by atomic mass is 32.2. The van der Waals surface area contributed by atoms with Gasteiger partial charge in [-0.15, -0.1) is 0 Å². The summed E-state index contributed by atoms with van der Waals surface area (Å²) < 4.78 is 0. The Balaban J connectivity index is 2.40. The van der Waals surface area contributed by atoms with Crippen LogP contribution in [0.25, 0.3) is 0 Å². The van der Waals surface area contributed by atoms with Crippen LogP contribution in [0.2, 0.25) is 0 Å². The molecule has 2 N–H and O–H groups in total. The van der Waals surface area contributed by atoms with E-state index < -0.39 is 0 Å². The van der Waals surface area contributed by atoms with E-state index in [9.17, 15) is 0 Å². The van der Waals surface area contributed by atoms with Gasteiger partial charge in [-0.2, -0.15) is 11.8 Å². The zero-order valence-electron chi connectivity index (χ0n) is 7.66. The van der Waals surface area contributed by atoms with Crippen molar-refractivity contribution < 1.29 is 5.11 Å². The molecule has 13 heavy (non-hydrogen) atoms. The molecule has 0 atom stereocenters. The summed E-state index contributed by atoms with van der Waals surface area (Å²) in [6.07, 6.45) is 1.86. The van der Waals surface area contributed by atoms with Crippen molar-refractivity contribution in [1.82, 2.24) is 4.98 Å². The summed E-state index contributed by atoms with van der Waals surface area (Å²) in [6.45, 7) is 0.243. The van der Waals surface area contributed by atoms with E-state index in [4.69, 9.17) is 5.11 Å². The van der Waals surface area contributed by atoms with Crippen LogP contribution in [-0.4, -0.2) is 29.5 Å². The quantitative estimate of drug-likeness (QED) is 0.701. The number of aliphatic hydroxyl groups excluding tert-OH is 1. The lowest BCUT2D eigenvalue weighted by atomic mass is 10.3. The van der Waals surface area contributed by atoms with Crippen molar-refractivity contribution in [1.29, 1.82) is 0 Å². The van der Waals surface area contributed by atoms with E-state index in [1.807, 2.05) is 25.4 Å². The molecule has 0 aromatic carbocycles. The van der Waals surface area contributed by atoms with Crippen LogP contribution in [0.3, 0.4) is 0 Å². The second-order valence-corrected chi connectivity index (χ2v) is 3.68. The summed E-state index contributed by atoms with van der Waals surface area (Å²) in [7, 11) is 1.85. The maximum absolute atomic E-state index is 8.58. The third-order valence-electron chi connectivity index (χ3n) is 1.59. The minimum atomic E-state index is 0.243. The average molecular weight is 198 g/mol. The van der Waals surface area contributed by atoms with E-state index >= 15 is 0 Å². The molecule has 72 valence electrons. The molecule has 1 heterocycles. The Bertz CT molecular complexity index is 238. The Kier molecular flexibility index (Phi) is 4.64. The third-order valence-corrected chi connectivity index (χ3v) is 2.59. The molecule has 0 unspecified atom stereocenters. The van der Waals surface area contributed by atoms with Crippen molar-refractivity contribution in [2.24, 2.45) is 0 Å². The lowest BCUT2D eigenvalue weighted by Crippen LogP contribution is -1.93. The fourth-order valence-corrected chi connectivity index (χ4v) is 1.59. The maximum Gasteiger partial charge on any atom is 0.125 e. The van der Waals surface area contributed by atoms with Crippen LogP contribution in [0.5, 0.6) is 0 Å². The van der Waals surface area contributed by atoms with Crippen LogP contribution >= 0.6 is 11.8 Å². The van der Waals surface area contributed by atoms with Gasteiger partial charge in [0.15, 0.2) is 0 Å². The summed E-state index contributed by atoms with van der Waals surface area (Å²) in [5, 5.41) is 11.5. The van der Waals surface area contributed by atoms with E-state index in [1.165, 1.54) is 5.56 Å². The SMILES string of the molecule is CNc1ccc(CSCCO)cn1. The van der Waals surface area contributed by atoms with Gasteiger partial charge in [0.2, 0.25) is 0 Å². The predicted molar refractivity (Wildman–Crippen MR) is 57.0 cm³/mol. The topological polar surface area (TPSA) is 45.1 Å². The number of aliphatic hydroxyl groups is 1. The highest BCUT2D eigenvalue weighted by Crippen LogP contribution is 2.12. The van der Waals surface area contributed by atoms with Crippen molar-refractivity contribution in [2.75, 3.05) is 24.7 Å². The van der Waals surface area contributed by atoms with Gasteiger partial charge in [-0.05, 0) is 11.6 Å². The Labute approximate surface area is 82.6 Å². The summed E-state index contributed by atoms with van der Waals surface area (Å²) >= 11 is 1.71. The van der Waals surface area contributed by atoms with Crippen molar-refractivity contribution >= 4 is 17.6 Å². The highest BCUT2D eigenvalue weighted by molar-refractivity contribution is 7.98. The normalized spacial score (nSPS) is 10.0. The molecule has 0 saturated heterocycles. The van der Waals surface area contributed by atoms with Gasteiger partial charge in [-0.25, -0.2) is 4.98 Å².